The molecule has 0 bridgehead atoms. The number of carbonyl (C=O) groups is 2. The summed E-state index contributed by atoms with van der Waals surface area (Å²) in [6, 6.07) is 0. The average Bonchev–Trinajstić information content (AvgIpc) is 2.37. The highest BCUT2D eigenvalue weighted by molar-refractivity contribution is 5.82. The number of rotatable bonds is 4. The average molecular weight is 168 g/mol. The number of imidazole rings is 1. The highest BCUT2D eigenvalue weighted by Gasteiger charge is 2.05. The third-order valence-electron chi connectivity index (χ3n) is 1.33. The molecule has 6 heteroatoms. The molecule has 0 unspecified atom stereocenters. The Kier molecular flexibility index (Phi) is 2.42. The zero-order chi connectivity index (χ0) is 8.97. The molecular weight excluding hydrogens is 160 g/mol. The van der Waals surface area contributed by atoms with Gasteiger partial charge in [-0.25, -0.2) is 4.98 Å². The van der Waals surface area contributed by atoms with Gasteiger partial charge in [0.1, 0.15) is 0 Å². The number of nitrogens with one attached hydrogen (secondary N) is 2. The van der Waals surface area contributed by atoms with Crippen molar-refractivity contribution in [2.24, 2.45) is 7.05 Å². The molecule has 0 aliphatic heterocycles. The minimum absolute atomic E-state index is 0.333. The molecule has 0 aliphatic rings. The monoisotopic (exact) mass is 168 g/mol. The summed E-state index contributed by atoms with van der Waals surface area (Å²) in [4.78, 5) is 24.0. The van der Waals surface area contributed by atoms with Gasteiger partial charge in [-0.1, -0.05) is 0 Å². The van der Waals surface area contributed by atoms with E-state index in [9.17, 15) is 9.59 Å². The van der Waals surface area contributed by atoms with Gasteiger partial charge in [0.15, 0.2) is 11.6 Å². The zero-order valence-electron chi connectivity index (χ0n) is 6.44. The Morgan fingerprint density at radius 1 is 1.42 bits per heavy atom. The van der Waals surface area contributed by atoms with Crippen molar-refractivity contribution in [3.63, 3.8) is 0 Å². The SMILES string of the molecule is Cn1cnc(NC=O)c1NC=O. The number of carbonyl (C=O) groups excluding carboxylic acids is 2. The van der Waals surface area contributed by atoms with E-state index in [-0.39, 0.29) is 0 Å². The lowest BCUT2D eigenvalue weighted by molar-refractivity contribution is -0.106. The molecule has 0 aliphatic carbocycles. The van der Waals surface area contributed by atoms with Gasteiger partial charge in [-0.15, -0.1) is 0 Å². The van der Waals surface area contributed by atoms with Crippen molar-refractivity contribution < 1.29 is 9.59 Å². The van der Waals surface area contributed by atoms with Crippen LogP contribution in [0.3, 0.4) is 0 Å². The van der Waals surface area contributed by atoms with Crippen LogP contribution in [0.15, 0.2) is 6.33 Å². The van der Waals surface area contributed by atoms with E-state index in [0.29, 0.717) is 24.5 Å². The van der Waals surface area contributed by atoms with Crippen LogP contribution in [0.4, 0.5) is 11.6 Å². The summed E-state index contributed by atoms with van der Waals surface area (Å²) in [6.45, 7) is 0. The second-order valence-corrected chi connectivity index (χ2v) is 2.08. The van der Waals surface area contributed by atoms with E-state index in [1.54, 1.807) is 11.6 Å². The molecule has 2 N–H and O–H groups in total. The van der Waals surface area contributed by atoms with Crippen LogP contribution >= 0.6 is 0 Å². The highest BCUT2D eigenvalue weighted by Crippen LogP contribution is 2.16. The van der Waals surface area contributed by atoms with Crippen molar-refractivity contribution in [1.82, 2.24) is 9.55 Å². The number of hydrogen-bond acceptors (Lipinski definition) is 3. The number of aromatic nitrogens is 2. The van der Waals surface area contributed by atoms with E-state index in [2.05, 4.69) is 15.6 Å². The Morgan fingerprint density at radius 3 is 2.67 bits per heavy atom. The molecule has 0 saturated carbocycles. The Morgan fingerprint density at radius 2 is 2.08 bits per heavy atom. The fourth-order valence-electron chi connectivity index (χ4n) is 0.818. The van der Waals surface area contributed by atoms with Gasteiger partial charge in [0.2, 0.25) is 12.8 Å². The first-order chi connectivity index (χ1) is 5.79. The highest BCUT2D eigenvalue weighted by atomic mass is 16.1. The van der Waals surface area contributed by atoms with Gasteiger partial charge in [0.25, 0.3) is 0 Å². The molecule has 1 rings (SSSR count). The van der Waals surface area contributed by atoms with E-state index in [1.165, 1.54) is 6.33 Å². The molecule has 12 heavy (non-hydrogen) atoms. The summed E-state index contributed by atoms with van der Waals surface area (Å²) < 4.78 is 1.58. The number of nitrogens with zero attached hydrogens (tertiary/aromatic N) is 2. The summed E-state index contributed by atoms with van der Waals surface area (Å²) in [5.74, 6) is 0.789. The maximum Gasteiger partial charge on any atom is 0.212 e. The Labute approximate surface area is 68.6 Å². The molecule has 0 radical (unpaired) electrons. The van der Waals surface area contributed by atoms with E-state index in [0.717, 1.165) is 0 Å². The van der Waals surface area contributed by atoms with Gasteiger partial charge >= 0.3 is 0 Å². The topological polar surface area (TPSA) is 76.0 Å². The largest absolute Gasteiger partial charge is 0.319 e. The summed E-state index contributed by atoms with van der Waals surface area (Å²) in [5, 5.41) is 4.76. The lowest BCUT2D eigenvalue weighted by atomic mass is 10.6. The third-order valence-corrected chi connectivity index (χ3v) is 1.33. The Hall–Kier alpha value is -1.85. The first-order valence-electron chi connectivity index (χ1n) is 3.21. The minimum atomic E-state index is 0.333. The quantitative estimate of drug-likeness (QED) is 0.598. The number of anilines is 2. The van der Waals surface area contributed by atoms with E-state index in [4.69, 9.17) is 0 Å². The molecule has 0 spiro atoms. The zero-order valence-corrected chi connectivity index (χ0v) is 6.44. The fourth-order valence-corrected chi connectivity index (χ4v) is 0.818. The summed E-state index contributed by atoms with van der Waals surface area (Å²) >= 11 is 0. The van der Waals surface area contributed by atoms with Crippen LogP contribution < -0.4 is 10.6 Å². The Balaban J connectivity index is 2.94. The summed E-state index contributed by atoms with van der Waals surface area (Å²) in [6.07, 6.45) is 2.50. The van der Waals surface area contributed by atoms with E-state index < -0.39 is 0 Å². The predicted octanol–water partition coefficient (Wildman–Crippen LogP) is -0.443. The van der Waals surface area contributed by atoms with E-state index in [1.807, 2.05) is 0 Å². The Bertz CT molecular complexity index is 294. The van der Waals surface area contributed by atoms with Gasteiger partial charge < -0.3 is 15.2 Å². The molecular formula is C6H8N4O2. The smallest absolute Gasteiger partial charge is 0.212 e. The van der Waals surface area contributed by atoms with Crippen molar-refractivity contribution >= 4 is 24.5 Å². The van der Waals surface area contributed by atoms with Crippen molar-refractivity contribution in [3.05, 3.63) is 6.33 Å². The number of aryl methyl sites for hydroxylation is 1. The second-order valence-electron chi connectivity index (χ2n) is 2.08. The predicted molar refractivity (Wildman–Crippen MR) is 42.6 cm³/mol. The van der Waals surface area contributed by atoms with Crippen LogP contribution in [0.5, 0.6) is 0 Å². The number of hydrogen-bond donors (Lipinski definition) is 2. The first-order valence-corrected chi connectivity index (χ1v) is 3.21. The maximum atomic E-state index is 10.1. The van der Waals surface area contributed by atoms with Crippen molar-refractivity contribution in [1.29, 1.82) is 0 Å². The standard InChI is InChI=1S/C6H8N4O2/c1-10-2-7-5(8-3-11)6(10)9-4-12/h2-4H,1H3,(H,8,11)(H,9,12). The molecule has 6 nitrogen and oxygen atoms in total. The number of amides is 2. The van der Waals surface area contributed by atoms with Crippen LogP contribution in [0.1, 0.15) is 0 Å². The normalized spacial score (nSPS) is 9.08. The van der Waals surface area contributed by atoms with Crippen molar-refractivity contribution in [3.8, 4) is 0 Å². The molecule has 64 valence electrons. The maximum absolute atomic E-state index is 10.1. The minimum Gasteiger partial charge on any atom is -0.319 e. The van der Waals surface area contributed by atoms with Crippen molar-refractivity contribution in [2.75, 3.05) is 10.6 Å². The van der Waals surface area contributed by atoms with Crippen LogP contribution in [0.2, 0.25) is 0 Å². The second kappa shape index (κ2) is 3.51. The van der Waals surface area contributed by atoms with Crippen LogP contribution in [-0.2, 0) is 16.6 Å². The van der Waals surface area contributed by atoms with Crippen LogP contribution in [-0.4, -0.2) is 22.4 Å². The van der Waals surface area contributed by atoms with Gasteiger partial charge in [0.05, 0.1) is 6.33 Å². The molecule has 2 amide bonds. The van der Waals surface area contributed by atoms with Gasteiger partial charge in [-0.05, 0) is 0 Å². The van der Waals surface area contributed by atoms with Gasteiger partial charge in [0, 0.05) is 7.05 Å². The molecule has 1 aromatic heterocycles. The summed E-state index contributed by atoms with van der Waals surface area (Å²) in [7, 11) is 1.70. The van der Waals surface area contributed by atoms with Crippen LogP contribution in [0, 0.1) is 0 Å². The van der Waals surface area contributed by atoms with Crippen LogP contribution in [0.25, 0.3) is 0 Å². The lowest BCUT2D eigenvalue weighted by Crippen LogP contribution is -2.04. The molecule has 0 aromatic carbocycles. The molecule has 1 heterocycles. The third kappa shape index (κ3) is 1.42. The first kappa shape index (κ1) is 8.25. The molecule has 0 atom stereocenters. The molecule has 1 aromatic rings. The molecule has 0 saturated heterocycles. The summed E-state index contributed by atoms with van der Waals surface area (Å²) in [5.41, 5.74) is 0. The molecule has 0 fully saturated rings. The van der Waals surface area contributed by atoms with E-state index >= 15 is 0 Å². The van der Waals surface area contributed by atoms with Gasteiger partial charge in [-0.2, -0.15) is 0 Å². The fraction of sp³-hybridized carbons (Fsp3) is 0.167. The van der Waals surface area contributed by atoms with Crippen molar-refractivity contribution in [2.45, 2.75) is 0 Å². The van der Waals surface area contributed by atoms with Gasteiger partial charge in [-0.3, -0.25) is 9.59 Å². The lowest BCUT2D eigenvalue weighted by Gasteiger charge is -2.00.